The van der Waals surface area contributed by atoms with E-state index in [4.69, 9.17) is 4.74 Å². The summed E-state index contributed by atoms with van der Waals surface area (Å²) in [6.45, 7) is 1.05. The topological polar surface area (TPSA) is 126 Å². The van der Waals surface area contributed by atoms with Crippen molar-refractivity contribution in [1.29, 1.82) is 0 Å². The van der Waals surface area contributed by atoms with E-state index in [1.165, 1.54) is 6.33 Å². The highest BCUT2D eigenvalue weighted by molar-refractivity contribution is 5.98. The van der Waals surface area contributed by atoms with Gasteiger partial charge in [0.2, 0.25) is 0 Å². The van der Waals surface area contributed by atoms with Crippen molar-refractivity contribution in [2.45, 2.75) is 37.3 Å². The summed E-state index contributed by atoms with van der Waals surface area (Å²) in [5.74, 6) is 0.591. The van der Waals surface area contributed by atoms with Gasteiger partial charge in [-0.3, -0.25) is 9.36 Å². The molecule has 35 heavy (non-hydrogen) atoms. The number of hydrogen-bond donors (Lipinski definition) is 3. The molecule has 4 unspecified atom stereocenters. The highest BCUT2D eigenvalue weighted by Crippen LogP contribution is 2.32. The Morgan fingerprint density at radius 2 is 2.00 bits per heavy atom. The Labute approximate surface area is 201 Å². The molecule has 1 amide bonds. The number of ether oxygens (including phenoxy) is 1. The van der Waals surface area contributed by atoms with E-state index in [1.807, 2.05) is 47.4 Å². The monoisotopic (exact) mass is 474 g/mol. The highest BCUT2D eigenvalue weighted by atomic mass is 16.5. The summed E-state index contributed by atoms with van der Waals surface area (Å²) in [7, 11) is 0. The van der Waals surface area contributed by atoms with E-state index < -0.39 is 18.4 Å². The van der Waals surface area contributed by atoms with Gasteiger partial charge in [0, 0.05) is 31.1 Å². The fourth-order valence-electron chi connectivity index (χ4n) is 5.00. The molecule has 0 saturated carbocycles. The molecule has 4 aromatic rings. The lowest BCUT2D eigenvalue weighted by molar-refractivity contribution is -0.0486. The third-order valence-electron chi connectivity index (χ3n) is 6.81. The Balaban J connectivity index is 1.17. The van der Waals surface area contributed by atoms with Crippen LogP contribution in [-0.4, -0.2) is 78.5 Å². The van der Waals surface area contributed by atoms with Gasteiger partial charge in [0.25, 0.3) is 5.91 Å². The Bertz CT molecular complexity index is 1390. The number of hydrogen-bond acceptors (Lipinski definition) is 8. The van der Waals surface area contributed by atoms with E-state index in [2.05, 4.69) is 20.3 Å². The van der Waals surface area contributed by atoms with Crippen LogP contribution in [0.1, 0.15) is 29.4 Å². The van der Waals surface area contributed by atoms with Crippen LogP contribution in [0.5, 0.6) is 0 Å². The van der Waals surface area contributed by atoms with E-state index in [1.54, 1.807) is 10.9 Å². The quantitative estimate of drug-likeness (QED) is 0.401. The normalized spacial score (nSPS) is 24.5. The van der Waals surface area contributed by atoms with Gasteiger partial charge in [0.15, 0.2) is 23.2 Å². The molecular formula is C25H26N6O4. The average molecular weight is 475 g/mol. The Hall–Kier alpha value is -3.60. The number of aliphatic hydroxyl groups excluding tert-OH is 2. The predicted molar refractivity (Wildman–Crippen MR) is 129 cm³/mol. The summed E-state index contributed by atoms with van der Waals surface area (Å²) < 4.78 is 7.43. The lowest BCUT2D eigenvalue weighted by Crippen LogP contribution is -2.31. The third kappa shape index (κ3) is 3.99. The number of benzene rings is 2. The van der Waals surface area contributed by atoms with E-state index in [0.717, 1.165) is 17.2 Å². The maximum atomic E-state index is 13.1. The predicted octanol–water partition coefficient (Wildman–Crippen LogP) is 1.95. The van der Waals surface area contributed by atoms with E-state index >= 15 is 0 Å². The van der Waals surface area contributed by atoms with Crippen LogP contribution in [0.25, 0.3) is 21.9 Å². The van der Waals surface area contributed by atoms with Gasteiger partial charge in [0.05, 0.1) is 19.0 Å². The van der Waals surface area contributed by atoms with Crippen molar-refractivity contribution in [1.82, 2.24) is 24.4 Å². The Morgan fingerprint density at radius 3 is 2.83 bits per heavy atom. The largest absolute Gasteiger partial charge is 0.394 e. The molecule has 10 nitrogen and oxygen atoms in total. The molecule has 2 aliphatic rings. The lowest BCUT2D eigenvalue weighted by atomic mass is 10.1. The zero-order valence-corrected chi connectivity index (χ0v) is 19.0. The van der Waals surface area contributed by atoms with E-state index in [-0.39, 0.29) is 18.6 Å². The number of carbonyl (C=O) groups excluding carboxylic acids is 1. The van der Waals surface area contributed by atoms with Gasteiger partial charge in [-0.25, -0.2) is 15.0 Å². The maximum absolute atomic E-state index is 13.1. The summed E-state index contributed by atoms with van der Waals surface area (Å²) in [4.78, 5) is 28.2. The van der Waals surface area contributed by atoms with Gasteiger partial charge in [-0.15, -0.1) is 0 Å². The van der Waals surface area contributed by atoms with Crippen LogP contribution < -0.4 is 5.32 Å². The number of anilines is 1. The number of imidazole rings is 1. The smallest absolute Gasteiger partial charge is 0.253 e. The summed E-state index contributed by atoms with van der Waals surface area (Å²) >= 11 is 0. The van der Waals surface area contributed by atoms with Crippen LogP contribution in [0.15, 0.2) is 55.1 Å². The van der Waals surface area contributed by atoms with Crippen LogP contribution in [0.3, 0.4) is 0 Å². The van der Waals surface area contributed by atoms with Crippen molar-refractivity contribution in [2.24, 2.45) is 0 Å². The lowest BCUT2D eigenvalue weighted by Gasteiger charge is -2.18. The molecule has 0 radical (unpaired) electrons. The van der Waals surface area contributed by atoms with Crippen molar-refractivity contribution >= 4 is 33.7 Å². The first-order valence-electron chi connectivity index (χ1n) is 11.8. The third-order valence-corrected chi connectivity index (χ3v) is 6.81. The van der Waals surface area contributed by atoms with Gasteiger partial charge in [-0.1, -0.05) is 30.3 Å². The molecule has 3 N–H and O–H groups in total. The standard InChI is InChI=1S/C25H26N6O4/c32-12-19-10-20(33)25(35-19)31-14-28-21-22(26-13-27-23(21)31)29-18-7-8-30(11-18)24(34)17-6-5-15-3-1-2-4-16(15)9-17/h1-6,9,13-14,18-20,25,32-33H,7-8,10-12H2,(H,26,27,29). The SMILES string of the molecule is O=C(c1ccc2ccccc2c1)N1CCC(Nc2ncnc3c2ncn3C2OC(CO)CC2O)C1. The van der Waals surface area contributed by atoms with Crippen LogP contribution in [0, 0.1) is 0 Å². The second-order valence-electron chi connectivity index (χ2n) is 9.12. The second-order valence-corrected chi connectivity index (χ2v) is 9.12. The van der Waals surface area contributed by atoms with Gasteiger partial charge in [-0.2, -0.15) is 0 Å². The Kier molecular flexibility index (Phi) is 5.56. The minimum Gasteiger partial charge on any atom is -0.394 e. The van der Waals surface area contributed by atoms with Crippen LogP contribution in [0.4, 0.5) is 5.82 Å². The van der Waals surface area contributed by atoms with Crippen LogP contribution >= 0.6 is 0 Å². The van der Waals surface area contributed by atoms with Crippen LogP contribution in [0.2, 0.25) is 0 Å². The highest BCUT2D eigenvalue weighted by Gasteiger charge is 2.36. The number of nitrogens with zero attached hydrogens (tertiary/aromatic N) is 5. The fourth-order valence-corrected chi connectivity index (χ4v) is 5.00. The molecule has 4 atom stereocenters. The fraction of sp³-hybridized carbons (Fsp3) is 0.360. The van der Waals surface area contributed by atoms with Crippen LogP contribution in [-0.2, 0) is 4.74 Å². The van der Waals surface area contributed by atoms with E-state index in [9.17, 15) is 15.0 Å². The number of nitrogens with one attached hydrogen (secondary N) is 1. The summed E-state index contributed by atoms with van der Waals surface area (Å²) in [5, 5.41) is 25.3. The number of aliphatic hydroxyl groups is 2. The van der Waals surface area contributed by atoms with Gasteiger partial charge >= 0.3 is 0 Å². The summed E-state index contributed by atoms with van der Waals surface area (Å²) in [6, 6.07) is 13.8. The first-order chi connectivity index (χ1) is 17.1. The maximum Gasteiger partial charge on any atom is 0.253 e. The van der Waals surface area contributed by atoms with Crippen molar-refractivity contribution in [3.8, 4) is 0 Å². The second kappa shape index (κ2) is 8.88. The molecule has 2 saturated heterocycles. The van der Waals surface area contributed by atoms with E-state index in [0.29, 0.717) is 42.1 Å². The molecule has 0 spiro atoms. The molecule has 180 valence electrons. The molecule has 2 aromatic carbocycles. The summed E-state index contributed by atoms with van der Waals surface area (Å²) in [6.07, 6.45) is 2.30. The molecule has 0 bridgehead atoms. The average Bonchev–Trinajstić information content (AvgIpc) is 3.62. The molecule has 4 heterocycles. The number of carbonyl (C=O) groups is 1. The molecule has 2 aliphatic heterocycles. The van der Waals surface area contributed by atoms with Gasteiger partial charge in [-0.05, 0) is 29.3 Å². The number of aromatic nitrogens is 4. The number of amides is 1. The molecule has 10 heteroatoms. The molecule has 2 fully saturated rings. The summed E-state index contributed by atoms with van der Waals surface area (Å²) in [5.41, 5.74) is 1.78. The minimum absolute atomic E-state index is 0.0166. The van der Waals surface area contributed by atoms with Gasteiger partial charge in [0.1, 0.15) is 12.4 Å². The van der Waals surface area contributed by atoms with Crippen molar-refractivity contribution in [3.05, 3.63) is 60.7 Å². The zero-order valence-electron chi connectivity index (χ0n) is 19.0. The number of fused-ring (bicyclic) bond motifs is 2. The minimum atomic E-state index is -0.763. The van der Waals surface area contributed by atoms with Crippen molar-refractivity contribution < 1.29 is 19.7 Å². The van der Waals surface area contributed by atoms with Crippen molar-refractivity contribution in [2.75, 3.05) is 25.0 Å². The first-order valence-corrected chi connectivity index (χ1v) is 11.8. The number of rotatable bonds is 5. The first kappa shape index (κ1) is 21.9. The molecule has 6 rings (SSSR count). The molecular weight excluding hydrogens is 448 g/mol. The molecule has 2 aromatic heterocycles. The van der Waals surface area contributed by atoms with Gasteiger partial charge < -0.3 is 25.2 Å². The molecule has 0 aliphatic carbocycles. The van der Waals surface area contributed by atoms with Crippen molar-refractivity contribution in [3.63, 3.8) is 0 Å². The zero-order chi connectivity index (χ0) is 23.9. The number of likely N-dealkylation sites (tertiary alicyclic amines) is 1. The Morgan fingerprint density at radius 1 is 1.14 bits per heavy atom.